The van der Waals surface area contributed by atoms with Gasteiger partial charge < -0.3 is 10.6 Å². The molecule has 0 spiro atoms. The van der Waals surface area contributed by atoms with Gasteiger partial charge in [0.2, 0.25) is 0 Å². The molecule has 0 bridgehead atoms. The van der Waals surface area contributed by atoms with E-state index in [0.717, 1.165) is 12.5 Å². The van der Waals surface area contributed by atoms with Crippen molar-refractivity contribution < 1.29 is 0 Å². The van der Waals surface area contributed by atoms with Crippen LogP contribution in [0.25, 0.3) is 0 Å². The van der Waals surface area contributed by atoms with E-state index in [0.29, 0.717) is 12.1 Å². The molecule has 3 heteroatoms. The van der Waals surface area contributed by atoms with Gasteiger partial charge in [0.25, 0.3) is 0 Å². The summed E-state index contributed by atoms with van der Waals surface area (Å²) in [7, 11) is 4.41. The molecule has 3 atom stereocenters. The minimum Gasteiger partial charge on any atom is -0.329 e. The van der Waals surface area contributed by atoms with Crippen LogP contribution in [0.4, 0.5) is 0 Å². The highest BCUT2D eigenvalue weighted by molar-refractivity contribution is 4.90. The molecule has 1 aliphatic rings. The molecule has 21 heavy (non-hydrogen) atoms. The average Bonchev–Trinajstić information content (AvgIpc) is 2.84. The van der Waals surface area contributed by atoms with Gasteiger partial charge in [-0.25, -0.2) is 0 Å². The van der Waals surface area contributed by atoms with Crippen molar-refractivity contribution >= 4 is 0 Å². The van der Waals surface area contributed by atoms with E-state index < -0.39 is 0 Å². The quantitative estimate of drug-likeness (QED) is 0.594. The Morgan fingerprint density at radius 2 is 1.67 bits per heavy atom. The van der Waals surface area contributed by atoms with Crippen LogP contribution in [0.2, 0.25) is 0 Å². The highest BCUT2D eigenvalue weighted by Crippen LogP contribution is 2.23. The molecule has 0 radical (unpaired) electrons. The van der Waals surface area contributed by atoms with E-state index in [1.54, 1.807) is 0 Å². The van der Waals surface area contributed by atoms with Gasteiger partial charge in [-0.2, -0.15) is 0 Å². The Bertz CT molecular complexity index is 255. The predicted octanol–water partition coefficient (Wildman–Crippen LogP) is 3.34. The van der Waals surface area contributed by atoms with Gasteiger partial charge in [-0.15, -0.1) is 0 Å². The van der Waals surface area contributed by atoms with Crippen molar-refractivity contribution in [3.8, 4) is 0 Å². The van der Waals surface area contributed by atoms with Gasteiger partial charge in [-0.05, 0) is 26.4 Å². The fourth-order valence-corrected chi connectivity index (χ4v) is 3.74. The van der Waals surface area contributed by atoms with Crippen molar-refractivity contribution in [3.63, 3.8) is 0 Å². The molecule has 126 valence electrons. The smallest absolute Gasteiger partial charge is 0.0254 e. The second-order valence-electron chi connectivity index (χ2n) is 7.26. The van der Waals surface area contributed by atoms with Crippen LogP contribution in [-0.4, -0.2) is 55.6 Å². The minimum atomic E-state index is 0.605. The SMILES string of the molecule is CCCCCCCCCC(CN)N1CC(C)C(N(C)C)C1. The Labute approximate surface area is 133 Å². The van der Waals surface area contributed by atoms with E-state index in [2.05, 4.69) is 37.7 Å². The van der Waals surface area contributed by atoms with E-state index in [-0.39, 0.29) is 0 Å². The van der Waals surface area contributed by atoms with Gasteiger partial charge >= 0.3 is 0 Å². The van der Waals surface area contributed by atoms with E-state index in [9.17, 15) is 0 Å². The molecule has 0 saturated carbocycles. The lowest BCUT2D eigenvalue weighted by atomic mass is 10.0. The summed E-state index contributed by atoms with van der Waals surface area (Å²) < 4.78 is 0. The molecule has 0 amide bonds. The van der Waals surface area contributed by atoms with Crippen LogP contribution in [0.3, 0.4) is 0 Å². The molecule has 1 rings (SSSR count). The zero-order valence-corrected chi connectivity index (χ0v) is 15.0. The molecule has 0 aromatic carbocycles. The molecule has 1 aliphatic heterocycles. The summed E-state index contributed by atoms with van der Waals surface area (Å²) in [6.07, 6.45) is 11.0. The van der Waals surface area contributed by atoms with E-state index in [1.807, 2.05) is 0 Å². The number of nitrogens with two attached hydrogens (primary N) is 1. The zero-order valence-electron chi connectivity index (χ0n) is 15.0. The van der Waals surface area contributed by atoms with Gasteiger partial charge in [-0.1, -0.05) is 58.8 Å². The Kier molecular flexibility index (Phi) is 9.54. The van der Waals surface area contributed by atoms with Crippen molar-refractivity contribution in [3.05, 3.63) is 0 Å². The normalized spacial score (nSPS) is 24.9. The maximum Gasteiger partial charge on any atom is 0.0254 e. The maximum absolute atomic E-state index is 6.04. The van der Waals surface area contributed by atoms with Gasteiger partial charge in [0.1, 0.15) is 0 Å². The lowest BCUT2D eigenvalue weighted by molar-refractivity contribution is 0.206. The standard InChI is InChI=1S/C18H39N3/c1-5-6-7-8-9-10-11-12-17(13-19)21-14-16(2)18(15-21)20(3)4/h16-18H,5-15,19H2,1-4H3. The summed E-state index contributed by atoms with van der Waals surface area (Å²) in [5.41, 5.74) is 6.04. The van der Waals surface area contributed by atoms with Crippen LogP contribution in [-0.2, 0) is 0 Å². The number of unbranched alkanes of at least 4 members (excludes halogenated alkanes) is 6. The third-order valence-corrected chi connectivity index (χ3v) is 5.19. The van der Waals surface area contributed by atoms with Crippen molar-refractivity contribution in [1.29, 1.82) is 0 Å². The van der Waals surface area contributed by atoms with Crippen LogP contribution >= 0.6 is 0 Å². The predicted molar refractivity (Wildman–Crippen MR) is 93.7 cm³/mol. The van der Waals surface area contributed by atoms with Crippen molar-refractivity contribution in [2.45, 2.75) is 77.3 Å². The second kappa shape index (κ2) is 10.6. The Morgan fingerprint density at radius 1 is 1.05 bits per heavy atom. The molecular weight excluding hydrogens is 258 g/mol. The highest BCUT2D eigenvalue weighted by Gasteiger charge is 2.33. The monoisotopic (exact) mass is 297 g/mol. The molecule has 3 unspecified atom stereocenters. The molecule has 1 saturated heterocycles. The summed E-state index contributed by atoms with van der Waals surface area (Å²) in [6, 6.07) is 1.31. The van der Waals surface area contributed by atoms with Gasteiger partial charge in [0.15, 0.2) is 0 Å². The minimum absolute atomic E-state index is 0.605. The Balaban J connectivity index is 2.20. The Hall–Kier alpha value is -0.120. The van der Waals surface area contributed by atoms with Crippen LogP contribution < -0.4 is 5.73 Å². The van der Waals surface area contributed by atoms with E-state index in [4.69, 9.17) is 5.73 Å². The van der Waals surface area contributed by atoms with Gasteiger partial charge in [-0.3, -0.25) is 4.90 Å². The zero-order chi connectivity index (χ0) is 15.7. The number of hydrogen-bond acceptors (Lipinski definition) is 3. The van der Waals surface area contributed by atoms with Crippen LogP contribution in [0.1, 0.15) is 65.2 Å². The Morgan fingerprint density at radius 3 is 2.19 bits per heavy atom. The largest absolute Gasteiger partial charge is 0.329 e. The molecule has 3 nitrogen and oxygen atoms in total. The third kappa shape index (κ3) is 6.66. The van der Waals surface area contributed by atoms with Crippen LogP contribution in [0.15, 0.2) is 0 Å². The van der Waals surface area contributed by atoms with Crippen LogP contribution in [0, 0.1) is 5.92 Å². The number of likely N-dealkylation sites (N-methyl/N-ethyl adjacent to an activating group) is 1. The fraction of sp³-hybridized carbons (Fsp3) is 1.00. The fourth-order valence-electron chi connectivity index (χ4n) is 3.74. The van der Waals surface area contributed by atoms with Crippen molar-refractivity contribution in [2.24, 2.45) is 11.7 Å². The highest BCUT2D eigenvalue weighted by atomic mass is 15.3. The molecule has 2 N–H and O–H groups in total. The lowest BCUT2D eigenvalue weighted by Gasteiger charge is -2.27. The first-order valence-corrected chi connectivity index (χ1v) is 9.20. The topological polar surface area (TPSA) is 32.5 Å². The molecule has 0 aliphatic carbocycles. The number of nitrogens with zero attached hydrogens (tertiary/aromatic N) is 2. The summed E-state index contributed by atoms with van der Waals surface area (Å²) in [5, 5.41) is 0. The first kappa shape index (κ1) is 18.9. The first-order valence-electron chi connectivity index (χ1n) is 9.20. The number of likely N-dealkylation sites (tertiary alicyclic amines) is 1. The van der Waals surface area contributed by atoms with Crippen LogP contribution in [0.5, 0.6) is 0 Å². The summed E-state index contributed by atoms with van der Waals surface area (Å²) in [5.74, 6) is 0.767. The van der Waals surface area contributed by atoms with Crippen molar-refractivity contribution in [2.75, 3.05) is 33.7 Å². The lowest BCUT2D eigenvalue weighted by Crippen LogP contribution is -2.41. The third-order valence-electron chi connectivity index (χ3n) is 5.19. The number of hydrogen-bond donors (Lipinski definition) is 1. The molecule has 1 heterocycles. The number of rotatable bonds is 11. The summed E-state index contributed by atoms with van der Waals surface area (Å²) in [4.78, 5) is 5.03. The molecule has 0 aromatic heterocycles. The second-order valence-corrected chi connectivity index (χ2v) is 7.26. The summed E-state index contributed by atoms with van der Waals surface area (Å²) in [6.45, 7) is 7.91. The van der Waals surface area contributed by atoms with Crippen molar-refractivity contribution in [1.82, 2.24) is 9.80 Å². The maximum atomic E-state index is 6.04. The molecule has 0 aromatic rings. The average molecular weight is 298 g/mol. The van der Waals surface area contributed by atoms with E-state index >= 15 is 0 Å². The molecule has 1 fully saturated rings. The molecular formula is C18H39N3. The van der Waals surface area contributed by atoms with Gasteiger partial charge in [0.05, 0.1) is 0 Å². The van der Waals surface area contributed by atoms with E-state index in [1.165, 1.54) is 64.5 Å². The first-order chi connectivity index (χ1) is 10.1. The van der Waals surface area contributed by atoms with Gasteiger partial charge in [0, 0.05) is 31.7 Å². The summed E-state index contributed by atoms with van der Waals surface area (Å²) >= 11 is 0.